The number of morpholine rings is 1. The van der Waals surface area contributed by atoms with Crippen molar-refractivity contribution in [2.45, 2.75) is 25.0 Å². The number of nitrogens with zero attached hydrogens (tertiary/aromatic N) is 5. The third-order valence-electron chi connectivity index (χ3n) is 5.18. The number of hydrogen-bond acceptors (Lipinski definition) is 7. The highest BCUT2D eigenvalue weighted by Crippen LogP contribution is 2.28. The van der Waals surface area contributed by atoms with Crippen LogP contribution in [0.25, 0.3) is 0 Å². The second kappa shape index (κ2) is 7.13. The molecule has 0 spiro atoms. The third kappa shape index (κ3) is 4.01. The van der Waals surface area contributed by atoms with Crippen LogP contribution in [0.3, 0.4) is 0 Å². The number of rotatable bonds is 5. The van der Waals surface area contributed by atoms with Gasteiger partial charge in [0.25, 0.3) is 0 Å². The van der Waals surface area contributed by atoms with Crippen LogP contribution in [0, 0.1) is 0 Å². The molecule has 1 unspecified atom stereocenters. The van der Waals surface area contributed by atoms with Gasteiger partial charge in [-0.3, -0.25) is 9.69 Å². The standard InChI is InChI=1S/C17H26N6O2/c1-21-4-5-23(11-17(21)24)16-8-15(19-12-20-16)18-9-14-10-22(6-7-25-14)13-2-3-13/h8,12-14H,2-7,9-11H2,1H3,(H,18,19,20). The largest absolute Gasteiger partial charge is 0.374 e. The van der Waals surface area contributed by atoms with Gasteiger partial charge in [0.1, 0.15) is 18.0 Å². The first-order chi connectivity index (χ1) is 12.2. The average Bonchev–Trinajstić information content (AvgIpc) is 3.48. The normalized spacial score (nSPS) is 25.3. The minimum atomic E-state index is 0.121. The van der Waals surface area contributed by atoms with E-state index in [-0.39, 0.29) is 12.0 Å². The molecule has 25 heavy (non-hydrogen) atoms. The van der Waals surface area contributed by atoms with Crippen LogP contribution in [0.1, 0.15) is 12.8 Å². The molecule has 2 aliphatic heterocycles. The molecule has 0 aromatic carbocycles. The molecular formula is C17H26N6O2. The molecular weight excluding hydrogens is 320 g/mol. The Labute approximate surface area is 148 Å². The zero-order valence-electron chi connectivity index (χ0n) is 14.7. The van der Waals surface area contributed by atoms with E-state index in [4.69, 9.17) is 4.74 Å². The smallest absolute Gasteiger partial charge is 0.241 e. The Bertz CT molecular complexity index is 623. The molecule has 2 saturated heterocycles. The van der Waals surface area contributed by atoms with Gasteiger partial charge in [-0.2, -0.15) is 0 Å². The Morgan fingerprint density at radius 3 is 2.96 bits per heavy atom. The maximum atomic E-state index is 11.9. The summed E-state index contributed by atoms with van der Waals surface area (Å²) in [6.45, 7) is 5.47. The first-order valence-electron chi connectivity index (χ1n) is 9.09. The molecule has 0 bridgehead atoms. The van der Waals surface area contributed by atoms with Crippen LogP contribution < -0.4 is 10.2 Å². The number of amides is 1. The number of nitrogens with one attached hydrogen (secondary N) is 1. The zero-order valence-corrected chi connectivity index (χ0v) is 14.7. The van der Waals surface area contributed by atoms with Crippen LogP contribution in [-0.4, -0.2) is 90.7 Å². The first-order valence-corrected chi connectivity index (χ1v) is 9.09. The number of likely N-dealkylation sites (N-methyl/N-ethyl adjacent to an activating group) is 1. The average molecular weight is 346 g/mol. The second-order valence-electron chi connectivity index (χ2n) is 7.10. The van der Waals surface area contributed by atoms with Crippen molar-refractivity contribution in [1.82, 2.24) is 19.8 Å². The lowest BCUT2D eigenvalue weighted by atomic mass is 10.2. The molecule has 8 nitrogen and oxygen atoms in total. The monoisotopic (exact) mass is 346 g/mol. The van der Waals surface area contributed by atoms with Crippen molar-refractivity contribution < 1.29 is 9.53 Å². The maximum Gasteiger partial charge on any atom is 0.241 e. The highest BCUT2D eigenvalue weighted by atomic mass is 16.5. The summed E-state index contributed by atoms with van der Waals surface area (Å²) in [4.78, 5) is 26.8. The molecule has 1 aromatic heterocycles. The molecule has 3 heterocycles. The van der Waals surface area contributed by atoms with E-state index in [0.717, 1.165) is 57.0 Å². The van der Waals surface area contributed by atoms with Crippen LogP contribution in [0.2, 0.25) is 0 Å². The van der Waals surface area contributed by atoms with Crippen molar-refractivity contribution in [3.8, 4) is 0 Å². The van der Waals surface area contributed by atoms with Crippen LogP contribution in [0.15, 0.2) is 12.4 Å². The van der Waals surface area contributed by atoms with Crippen LogP contribution in [-0.2, 0) is 9.53 Å². The summed E-state index contributed by atoms with van der Waals surface area (Å²) >= 11 is 0. The lowest BCUT2D eigenvalue weighted by Gasteiger charge is -2.33. The highest BCUT2D eigenvalue weighted by Gasteiger charge is 2.32. The molecule has 1 amide bonds. The van der Waals surface area contributed by atoms with E-state index >= 15 is 0 Å². The molecule has 3 fully saturated rings. The third-order valence-corrected chi connectivity index (χ3v) is 5.18. The molecule has 4 rings (SSSR count). The van der Waals surface area contributed by atoms with Gasteiger partial charge in [0, 0.05) is 51.9 Å². The summed E-state index contributed by atoms with van der Waals surface area (Å²) in [5, 5.41) is 3.37. The van der Waals surface area contributed by atoms with Gasteiger partial charge in [-0.25, -0.2) is 9.97 Å². The number of ether oxygens (including phenoxy) is 1. The molecule has 136 valence electrons. The maximum absolute atomic E-state index is 11.9. The number of aromatic nitrogens is 2. The van der Waals surface area contributed by atoms with E-state index in [1.165, 1.54) is 12.8 Å². The van der Waals surface area contributed by atoms with Crippen molar-refractivity contribution in [1.29, 1.82) is 0 Å². The van der Waals surface area contributed by atoms with Crippen molar-refractivity contribution in [2.24, 2.45) is 0 Å². The van der Waals surface area contributed by atoms with E-state index in [0.29, 0.717) is 6.54 Å². The second-order valence-corrected chi connectivity index (χ2v) is 7.10. The Kier molecular flexibility index (Phi) is 4.72. The van der Waals surface area contributed by atoms with Crippen molar-refractivity contribution in [2.75, 3.05) is 63.1 Å². The quantitative estimate of drug-likeness (QED) is 0.806. The minimum absolute atomic E-state index is 0.121. The van der Waals surface area contributed by atoms with Gasteiger partial charge < -0.3 is 19.9 Å². The van der Waals surface area contributed by atoms with E-state index in [1.807, 2.05) is 18.0 Å². The van der Waals surface area contributed by atoms with Crippen molar-refractivity contribution in [3.05, 3.63) is 12.4 Å². The van der Waals surface area contributed by atoms with Gasteiger partial charge in [0.15, 0.2) is 0 Å². The molecule has 8 heteroatoms. The van der Waals surface area contributed by atoms with Gasteiger partial charge in [0.05, 0.1) is 19.3 Å². The topological polar surface area (TPSA) is 73.8 Å². The Morgan fingerprint density at radius 2 is 2.16 bits per heavy atom. The highest BCUT2D eigenvalue weighted by molar-refractivity contribution is 5.82. The van der Waals surface area contributed by atoms with Gasteiger partial charge in [-0.05, 0) is 12.8 Å². The Balaban J connectivity index is 1.33. The lowest BCUT2D eigenvalue weighted by molar-refractivity contribution is -0.129. The predicted octanol–water partition coefficient (Wildman–Crippen LogP) is 0.0301. The molecule has 1 aromatic rings. The summed E-state index contributed by atoms with van der Waals surface area (Å²) in [7, 11) is 1.84. The van der Waals surface area contributed by atoms with Crippen molar-refractivity contribution in [3.63, 3.8) is 0 Å². The molecule has 1 N–H and O–H groups in total. The summed E-state index contributed by atoms with van der Waals surface area (Å²) < 4.78 is 5.87. The zero-order chi connectivity index (χ0) is 17.2. The SMILES string of the molecule is CN1CCN(c2cc(NCC3CN(C4CC4)CCO3)ncn2)CC1=O. The number of carbonyl (C=O) groups is 1. The predicted molar refractivity (Wildman–Crippen MR) is 94.7 cm³/mol. The number of hydrogen-bond donors (Lipinski definition) is 1. The van der Waals surface area contributed by atoms with Crippen LogP contribution in [0.4, 0.5) is 11.6 Å². The number of carbonyl (C=O) groups excluding carboxylic acids is 1. The Hall–Kier alpha value is -1.93. The van der Waals surface area contributed by atoms with E-state index < -0.39 is 0 Å². The Morgan fingerprint density at radius 1 is 1.28 bits per heavy atom. The minimum Gasteiger partial charge on any atom is -0.374 e. The van der Waals surface area contributed by atoms with Gasteiger partial charge in [-0.15, -0.1) is 0 Å². The summed E-state index contributed by atoms with van der Waals surface area (Å²) in [6.07, 6.45) is 4.41. The number of piperazine rings is 1. The number of anilines is 2. The molecule has 3 aliphatic rings. The van der Waals surface area contributed by atoms with E-state index in [9.17, 15) is 4.79 Å². The summed E-state index contributed by atoms with van der Waals surface area (Å²) in [6, 6.07) is 2.70. The fraction of sp³-hybridized carbons (Fsp3) is 0.706. The van der Waals surface area contributed by atoms with Crippen molar-refractivity contribution >= 4 is 17.5 Å². The van der Waals surface area contributed by atoms with E-state index in [2.05, 4.69) is 20.2 Å². The molecule has 1 saturated carbocycles. The van der Waals surface area contributed by atoms with Gasteiger partial charge >= 0.3 is 0 Å². The van der Waals surface area contributed by atoms with E-state index in [1.54, 1.807) is 11.2 Å². The fourth-order valence-electron chi connectivity index (χ4n) is 3.43. The molecule has 1 aliphatic carbocycles. The van der Waals surface area contributed by atoms with Gasteiger partial charge in [0.2, 0.25) is 5.91 Å². The lowest BCUT2D eigenvalue weighted by Crippen LogP contribution is -2.48. The van der Waals surface area contributed by atoms with Crippen LogP contribution in [0.5, 0.6) is 0 Å². The molecule has 1 atom stereocenters. The summed E-state index contributed by atoms with van der Waals surface area (Å²) in [5.41, 5.74) is 0. The molecule has 0 radical (unpaired) electrons. The summed E-state index contributed by atoms with van der Waals surface area (Å²) in [5.74, 6) is 1.70. The fourth-order valence-corrected chi connectivity index (χ4v) is 3.43. The van der Waals surface area contributed by atoms with Crippen LogP contribution >= 0.6 is 0 Å². The first kappa shape index (κ1) is 16.5. The van der Waals surface area contributed by atoms with Gasteiger partial charge in [-0.1, -0.05) is 0 Å².